The number of nitrogens with zero attached hydrogens (tertiary/aromatic N) is 3. The predicted octanol–water partition coefficient (Wildman–Crippen LogP) is -1.03. The summed E-state index contributed by atoms with van der Waals surface area (Å²) in [6.45, 7) is 0.983. The molecule has 2 rings (SSSR count). The monoisotopic (exact) mass is 264 g/mol. The number of carbonyl (C=O) groups excluding carboxylic acids is 2. The van der Waals surface area contributed by atoms with Crippen molar-refractivity contribution in [3.05, 3.63) is 28.9 Å². The van der Waals surface area contributed by atoms with Crippen molar-refractivity contribution in [3.63, 3.8) is 0 Å². The fraction of sp³-hybridized carbons (Fsp3) is 0.500. The number of piperidine rings is 1. The molecule has 1 fully saturated rings. The van der Waals surface area contributed by atoms with Crippen LogP contribution in [0.15, 0.2) is 23.4 Å². The Morgan fingerprint density at radius 2 is 2.05 bits per heavy atom. The van der Waals surface area contributed by atoms with Crippen molar-refractivity contribution in [2.45, 2.75) is 19.4 Å². The van der Waals surface area contributed by atoms with Gasteiger partial charge >= 0.3 is 0 Å². The molecule has 1 saturated heterocycles. The summed E-state index contributed by atoms with van der Waals surface area (Å²) in [6.07, 6.45) is 3.91. The Kier molecular flexibility index (Phi) is 3.94. The van der Waals surface area contributed by atoms with E-state index in [4.69, 9.17) is 5.73 Å². The second kappa shape index (κ2) is 5.64. The number of carbonyl (C=O) groups is 2. The van der Waals surface area contributed by atoms with Gasteiger partial charge in [-0.15, -0.1) is 0 Å². The van der Waals surface area contributed by atoms with Gasteiger partial charge in [0.2, 0.25) is 11.8 Å². The molecule has 0 saturated carbocycles. The number of nitrogens with two attached hydrogens (primary N) is 1. The predicted molar refractivity (Wildman–Crippen MR) is 67.0 cm³/mol. The number of hydrogen-bond acceptors (Lipinski definition) is 4. The second-order valence-electron chi connectivity index (χ2n) is 4.60. The van der Waals surface area contributed by atoms with Crippen LogP contribution in [0.1, 0.15) is 12.8 Å². The molecule has 1 aliphatic rings. The molecular formula is C12H16N4O3. The van der Waals surface area contributed by atoms with E-state index in [-0.39, 0.29) is 29.8 Å². The Morgan fingerprint density at radius 1 is 1.37 bits per heavy atom. The van der Waals surface area contributed by atoms with Gasteiger partial charge in [-0.1, -0.05) is 0 Å². The van der Waals surface area contributed by atoms with Crippen LogP contribution in [0.4, 0.5) is 0 Å². The molecule has 19 heavy (non-hydrogen) atoms. The smallest absolute Gasteiger partial charge is 0.253 e. The van der Waals surface area contributed by atoms with Crippen LogP contribution in [0.3, 0.4) is 0 Å². The SMILES string of the molecule is NC(=O)C1CCN(C(=O)Cn2cnccc2=O)CC1. The number of amides is 2. The van der Waals surface area contributed by atoms with Crippen LogP contribution in [0.5, 0.6) is 0 Å². The van der Waals surface area contributed by atoms with E-state index in [1.807, 2.05) is 0 Å². The third-order valence-corrected chi connectivity index (χ3v) is 3.35. The lowest BCUT2D eigenvalue weighted by atomic mass is 9.96. The Balaban J connectivity index is 1.94. The van der Waals surface area contributed by atoms with Crippen molar-refractivity contribution < 1.29 is 9.59 Å². The van der Waals surface area contributed by atoms with Gasteiger partial charge in [-0.25, -0.2) is 4.98 Å². The fourth-order valence-corrected chi connectivity index (χ4v) is 2.16. The van der Waals surface area contributed by atoms with Crippen LogP contribution in [0, 0.1) is 5.92 Å². The first-order valence-electron chi connectivity index (χ1n) is 6.15. The molecule has 7 heteroatoms. The van der Waals surface area contributed by atoms with Crippen molar-refractivity contribution in [2.24, 2.45) is 11.7 Å². The summed E-state index contributed by atoms with van der Waals surface area (Å²) in [5.74, 6) is -0.598. The van der Waals surface area contributed by atoms with Crippen molar-refractivity contribution in [3.8, 4) is 0 Å². The molecule has 2 heterocycles. The molecule has 1 aromatic heterocycles. The van der Waals surface area contributed by atoms with E-state index in [2.05, 4.69) is 4.98 Å². The second-order valence-corrected chi connectivity index (χ2v) is 4.60. The average Bonchev–Trinajstić information content (AvgIpc) is 2.41. The van der Waals surface area contributed by atoms with Gasteiger partial charge in [-0.2, -0.15) is 0 Å². The number of hydrogen-bond donors (Lipinski definition) is 1. The molecule has 102 valence electrons. The minimum Gasteiger partial charge on any atom is -0.369 e. The van der Waals surface area contributed by atoms with E-state index in [0.717, 1.165) is 0 Å². The summed E-state index contributed by atoms with van der Waals surface area (Å²) in [4.78, 5) is 40.0. The minimum atomic E-state index is -0.310. The average molecular weight is 264 g/mol. The maximum atomic E-state index is 12.0. The van der Waals surface area contributed by atoms with Crippen molar-refractivity contribution in [1.82, 2.24) is 14.5 Å². The molecule has 0 aromatic carbocycles. The molecule has 1 aromatic rings. The van der Waals surface area contributed by atoms with Crippen LogP contribution in [0.25, 0.3) is 0 Å². The molecule has 7 nitrogen and oxygen atoms in total. The molecule has 2 N–H and O–H groups in total. The van der Waals surface area contributed by atoms with Crippen molar-refractivity contribution in [1.29, 1.82) is 0 Å². The van der Waals surface area contributed by atoms with E-state index >= 15 is 0 Å². The van der Waals surface area contributed by atoms with Gasteiger partial charge in [0.15, 0.2) is 0 Å². The lowest BCUT2D eigenvalue weighted by Gasteiger charge is -2.30. The Bertz CT molecular complexity index is 532. The summed E-state index contributed by atoms with van der Waals surface area (Å²) >= 11 is 0. The van der Waals surface area contributed by atoms with Gasteiger partial charge < -0.3 is 10.6 Å². The first-order chi connectivity index (χ1) is 9.08. The first-order valence-corrected chi connectivity index (χ1v) is 6.15. The maximum absolute atomic E-state index is 12.0. The molecule has 0 unspecified atom stereocenters. The first kappa shape index (κ1) is 13.3. The minimum absolute atomic E-state index is 0.0199. The number of likely N-dealkylation sites (tertiary alicyclic amines) is 1. The number of primary amides is 1. The normalized spacial score (nSPS) is 16.3. The molecule has 0 spiro atoms. The van der Waals surface area contributed by atoms with Gasteiger partial charge in [0.05, 0.1) is 6.33 Å². The van der Waals surface area contributed by atoms with Gasteiger partial charge in [-0.05, 0) is 12.8 Å². The van der Waals surface area contributed by atoms with Crippen LogP contribution >= 0.6 is 0 Å². The third kappa shape index (κ3) is 3.18. The summed E-state index contributed by atoms with van der Waals surface area (Å²) in [5.41, 5.74) is 4.98. The molecule has 0 bridgehead atoms. The zero-order valence-electron chi connectivity index (χ0n) is 10.5. The molecule has 1 aliphatic heterocycles. The standard InChI is InChI=1S/C12H16N4O3/c13-12(19)9-2-5-15(6-3-9)11(18)7-16-8-14-4-1-10(16)17/h1,4,8-9H,2-3,5-7H2,(H2,13,19). The van der Waals surface area contributed by atoms with Crippen molar-refractivity contribution in [2.75, 3.05) is 13.1 Å². The molecule has 2 amide bonds. The van der Waals surface area contributed by atoms with Gasteiger partial charge in [0, 0.05) is 31.3 Å². The van der Waals surface area contributed by atoms with Crippen molar-refractivity contribution >= 4 is 11.8 Å². The van der Waals surface area contributed by atoms with Gasteiger partial charge in [0.25, 0.3) is 5.56 Å². The highest BCUT2D eigenvalue weighted by molar-refractivity contribution is 5.78. The summed E-state index contributed by atoms with van der Waals surface area (Å²) in [6, 6.07) is 1.31. The van der Waals surface area contributed by atoms with Gasteiger partial charge in [0.1, 0.15) is 6.54 Å². The third-order valence-electron chi connectivity index (χ3n) is 3.35. The zero-order valence-corrected chi connectivity index (χ0v) is 10.5. The maximum Gasteiger partial charge on any atom is 0.253 e. The van der Waals surface area contributed by atoms with Crippen LogP contribution in [-0.4, -0.2) is 39.4 Å². The highest BCUT2D eigenvalue weighted by Gasteiger charge is 2.25. The zero-order chi connectivity index (χ0) is 13.8. The number of rotatable bonds is 3. The summed E-state index contributed by atoms with van der Waals surface area (Å²) < 4.78 is 1.27. The summed E-state index contributed by atoms with van der Waals surface area (Å²) in [7, 11) is 0. The molecule has 0 atom stereocenters. The van der Waals surface area contributed by atoms with E-state index in [0.29, 0.717) is 25.9 Å². The lowest BCUT2D eigenvalue weighted by molar-refractivity contribution is -0.135. The Labute approximate surface area is 110 Å². The van der Waals surface area contributed by atoms with Crippen LogP contribution in [-0.2, 0) is 16.1 Å². The highest BCUT2D eigenvalue weighted by atomic mass is 16.2. The molecular weight excluding hydrogens is 248 g/mol. The fourth-order valence-electron chi connectivity index (χ4n) is 2.16. The quantitative estimate of drug-likeness (QED) is 0.754. The van der Waals surface area contributed by atoms with E-state index in [9.17, 15) is 14.4 Å². The van der Waals surface area contributed by atoms with E-state index in [1.165, 1.54) is 23.2 Å². The van der Waals surface area contributed by atoms with Crippen LogP contribution < -0.4 is 11.3 Å². The lowest BCUT2D eigenvalue weighted by Crippen LogP contribution is -2.43. The van der Waals surface area contributed by atoms with Gasteiger partial charge in [-0.3, -0.25) is 19.0 Å². The Hall–Kier alpha value is -2.18. The largest absolute Gasteiger partial charge is 0.369 e. The number of aromatic nitrogens is 2. The molecule has 0 radical (unpaired) electrons. The Morgan fingerprint density at radius 3 is 2.63 bits per heavy atom. The van der Waals surface area contributed by atoms with E-state index < -0.39 is 0 Å². The topological polar surface area (TPSA) is 98.3 Å². The highest BCUT2D eigenvalue weighted by Crippen LogP contribution is 2.16. The summed E-state index contributed by atoms with van der Waals surface area (Å²) in [5, 5.41) is 0. The van der Waals surface area contributed by atoms with E-state index in [1.54, 1.807) is 4.90 Å². The van der Waals surface area contributed by atoms with Crippen LogP contribution in [0.2, 0.25) is 0 Å². The molecule has 0 aliphatic carbocycles.